The molecule has 0 radical (unpaired) electrons. The largest absolute Gasteiger partial charge is 0.365 e. The highest BCUT2D eigenvalue weighted by Crippen LogP contribution is 2.36. The molecule has 1 fully saturated rings. The van der Waals surface area contributed by atoms with E-state index in [2.05, 4.69) is 37.7 Å². The fourth-order valence-corrected chi connectivity index (χ4v) is 3.19. The summed E-state index contributed by atoms with van der Waals surface area (Å²) in [6, 6.07) is 7.31. The first-order valence-corrected chi connectivity index (χ1v) is 8.26. The molecule has 2 heterocycles. The summed E-state index contributed by atoms with van der Waals surface area (Å²) >= 11 is 1.58. The molecule has 1 N–H and O–H groups in total. The van der Waals surface area contributed by atoms with Gasteiger partial charge in [0.2, 0.25) is 0 Å². The van der Waals surface area contributed by atoms with E-state index in [4.69, 9.17) is 0 Å². The van der Waals surface area contributed by atoms with E-state index in [1.165, 1.54) is 29.6 Å². The third kappa shape index (κ3) is 2.81. The van der Waals surface area contributed by atoms with Crippen LogP contribution in [0, 0.1) is 11.8 Å². The number of thiazole rings is 1. The average Bonchev–Trinajstić information content (AvgIpc) is 3.13. The summed E-state index contributed by atoms with van der Waals surface area (Å²) in [5, 5.41) is 12.4. The van der Waals surface area contributed by atoms with Crippen molar-refractivity contribution in [2.75, 3.05) is 0 Å². The third-order valence-electron chi connectivity index (χ3n) is 3.92. The predicted octanol–water partition coefficient (Wildman–Crippen LogP) is 2.08. The van der Waals surface area contributed by atoms with Crippen molar-refractivity contribution in [1.82, 2.24) is 25.2 Å². The highest BCUT2D eigenvalue weighted by atomic mass is 32.1. The molecule has 23 heavy (non-hydrogen) atoms. The van der Waals surface area contributed by atoms with E-state index in [1.807, 2.05) is 12.1 Å². The molecule has 2 aromatic heterocycles. The van der Waals surface area contributed by atoms with Crippen LogP contribution in [0.2, 0.25) is 0 Å². The van der Waals surface area contributed by atoms with Crippen molar-refractivity contribution < 1.29 is 0 Å². The predicted molar refractivity (Wildman–Crippen MR) is 86.7 cm³/mol. The van der Waals surface area contributed by atoms with Crippen molar-refractivity contribution in [1.29, 1.82) is 0 Å². The van der Waals surface area contributed by atoms with Gasteiger partial charge in [0.05, 0.1) is 11.4 Å². The van der Waals surface area contributed by atoms with Gasteiger partial charge in [-0.25, -0.2) is 14.9 Å². The molecule has 114 valence electrons. The topological polar surface area (TPSA) is 76.5 Å². The van der Waals surface area contributed by atoms with Crippen LogP contribution in [0.5, 0.6) is 0 Å². The Bertz CT molecular complexity index is 954. The van der Waals surface area contributed by atoms with Gasteiger partial charge in [-0.2, -0.15) is 4.68 Å². The molecule has 1 aliphatic carbocycles. The fraction of sp³-hybridized carbons (Fsp3) is 0.250. The second-order valence-corrected chi connectivity index (χ2v) is 6.28. The Morgan fingerprint density at radius 1 is 1.30 bits per heavy atom. The van der Waals surface area contributed by atoms with E-state index in [9.17, 15) is 4.79 Å². The van der Waals surface area contributed by atoms with Crippen LogP contribution in [-0.2, 0) is 0 Å². The molecular weight excluding hydrogens is 310 g/mol. The lowest BCUT2D eigenvalue weighted by Crippen LogP contribution is -2.15. The second kappa shape index (κ2) is 5.82. The van der Waals surface area contributed by atoms with Gasteiger partial charge in [-0.3, -0.25) is 0 Å². The monoisotopic (exact) mass is 323 g/mol. The van der Waals surface area contributed by atoms with E-state index >= 15 is 0 Å². The zero-order valence-corrected chi connectivity index (χ0v) is 13.0. The second-order valence-electron chi connectivity index (χ2n) is 5.42. The summed E-state index contributed by atoms with van der Waals surface area (Å²) in [4.78, 5) is 16.1. The first kappa shape index (κ1) is 13.9. The van der Waals surface area contributed by atoms with E-state index < -0.39 is 0 Å². The Morgan fingerprint density at radius 3 is 2.96 bits per heavy atom. The van der Waals surface area contributed by atoms with Gasteiger partial charge < -0.3 is 0 Å². The molecule has 0 bridgehead atoms. The molecule has 0 unspecified atom stereocenters. The molecule has 1 aliphatic rings. The average molecular weight is 323 g/mol. The Balaban J connectivity index is 1.59. The highest BCUT2D eigenvalue weighted by Gasteiger charge is 2.21. The lowest BCUT2D eigenvalue weighted by atomic mass is 9.83. The standard InChI is InChI=1S/C16H13N5OS/c22-16-18-19-20-21(16)13-6-1-3-11(9-13)7-8-15-17-14(10-23-15)12-4-2-5-12/h1,3,6,9-10,12H,2,4-5H2,(H,18,20,22). The number of nitrogens with zero attached hydrogens (tertiary/aromatic N) is 4. The zero-order valence-electron chi connectivity index (χ0n) is 12.2. The van der Waals surface area contributed by atoms with Crippen molar-refractivity contribution in [3.05, 3.63) is 56.4 Å². The molecule has 0 amide bonds. The highest BCUT2D eigenvalue weighted by molar-refractivity contribution is 7.10. The molecule has 0 aliphatic heterocycles. The van der Waals surface area contributed by atoms with Gasteiger partial charge in [0, 0.05) is 16.9 Å². The number of aromatic amines is 1. The first-order chi connectivity index (χ1) is 11.3. The lowest BCUT2D eigenvalue weighted by Gasteiger charge is -2.22. The Morgan fingerprint density at radius 2 is 2.22 bits per heavy atom. The zero-order chi connectivity index (χ0) is 15.6. The van der Waals surface area contributed by atoms with Gasteiger partial charge in [-0.05, 0) is 47.4 Å². The lowest BCUT2D eigenvalue weighted by molar-refractivity contribution is 0.412. The molecule has 0 saturated heterocycles. The number of tetrazole rings is 1. The van der Waals surface area contributed by atoms with Crippen molar-refractivity contribution in [2.45, 2.75) is 25.2 Å². The molecule has 3 aromatic rings. The van der Waals surface area contributed by atoms with E-state index in [1.54, 1.807) is 23.5 Å². The molecule has 0 spiro atoms. The van der Waals surface area contributed by atoms with Crippen molar-refractivity contribution in [2.24, 2.45) is 0 Å². The van der Waals surface area contributed by atoms with Crippen LogP contribution in [0.4, 0.5) is 0 Å². The third-order valence-corrected chi connectivity index (χ3v) is 4.70. The molecule has 4 rings (SSSR count). The van der Waals surface area contributed by atoms with Crippen LogP contribution in [0.1, 0.15) is 41.4 Å². The minimum atomic E-state index is -0.375. The Labute approximate surface area is 136 Å². The van der Waals surface area contributed by atoms with Crippen molar-refractivity contribution in [3.63, 3.8) is 0 Å². The van der Waals surface area contributed by atoms with E-state index in [0.717, 1.165) is 10.6 Å². The van der Waals surface area contributed by atoms with Crippen LogP contribution >= 0.6 is 11.3 Å². The van der Waals surface area contributed by atoms with E-state index in [-0.39, 0.29) is 5.69 Å². The van der Waals surface area contributed by atoms with Gasteiger partial charge in [0.1, 0.15) is 0 Å². The number of hydrogen-bond acceptors (Lipinski definition) is 5. The van der Waals surface area contributed by atoms with Gasteiger partial charge in [0.15, 0.2) is 5.01 Å². The summed E-state index contributed by atoms with van der Waals surface area (Å²) in [5.41, 5.74) is 2.23. The number of rotatable bonds is 2. The number of benzene rings is 1. The maximum Gasteiger partial charge on any atom is 0.365 e. The first-order valence-electron chi connectivity index (χ1n) is 7.38. The van der Waals surface area contributed by atoms with Crippen LogP contribution in [0.3, 0.4) is 0 Å². The normalized spacial score (nSPS) is 14.1. The minimum absolute atomic E-state index is 0.375. The number of nitrogens with one attached hydrogen (secondary N) is 1. The summed E-state index contributed by atoms with van der Waals surface area (Å²) in [6.45, 7) is 0. The van der Waals surface area contributed by atoms with Crippen molar-refractivity contribution in [3.8, 4) is 17.5 Å². The van der Waals surface area contributed by atoms with Crippen LogP contribution in [-0.4, -0.2) is 25.2 Å². The quantitative estimate of drug-likeness (QED) is 0.733. The van der Waals surface area contributed by atoms with Gasteiger partial charge >= 0.3 is 5.69 Å². The number of H-pyrrole nitrogens is 1. The molecule has 0 atom stereocenters. The summed E-state index contributed by atoms with van der Waals surface area (Å²) in [7, 11) is 0. The van der Waals surface area contributed by atoms with Gasteiger partial charge in [-0.15, -0.1) is 11.3 Å². The Hall–Kier alpha value is -2.72. The number of hydrogen-bond donors (Lipinski definition) is 1. The molecule has 1 saturated carbocycles. The minimum Gasteiger partial charge on any atom is -0.244 e. The van der Waals surface area contributed by atoms with Crippen LogP contribution in [0.25, 0.3) is 5.69 Å². The Kier molecular flexibility index (Phi) is 3.52. The molecule has 7 heteroatoms. The number of aromatic nitrogens is 5. The summed E-state index contributed by atoms with van der Waals surface area (Å²) in [5.74, 6) is 6.82. The fourth-order valence-electron chi connectivity index (χ4n) is 2.44. The van der Waals surface area contributed by atoms with Crippen LogP contribution < -0.4 is 5.69 Å². The molecular formula is C16H13N5OS. The maximum atomic E-state index is 11.5. The summed E-state index contributed by atoms with van der Waals surface area (Å²) in [6.07, 6.45) is 3.79. The SMILES string of the molecule is O=c1[nH]nnn1-c1cccc(C#Cc2nc(C3CCC3)cs2)c1. The van der Waals surface area contributed by atoms with Crippen LogP contribution in [0.15, 0.2) is 34.4 Å². The smallest absolute Gasteiger partial charge is 0.244 e. The molecule has 6 nitrogen and oxygen atoms in total. The van der Waals surface area contributed by atoms with Gasteiger partial charge in [-0.1, -0.05) is 18.4 Å². The maximum absolute atomic E-state index is 11.5. The van der Waals surface area contributed by atoms with Crippen molar-refractivity contribution >= 4 is 11.3 Å². The van der Waals surface area contributed by atoms with E-state index in [0.29, 0.717) is 11.6 Å². The molecule has 1 aromatic carbocycles. The van der Waals surface area contributed by atoms with Gasteiger partial charge in [0.25, 0.3) is 0 Å². The summed E-state index contributed by atoms with van der Waals surface area (Å²) < 4.78 is 1.20.